The van der Waals surface area contributed by atoms with Crippen LogP contribution in [0.15, 0.2) is 60.7 Å². The lowest BCUT2D eigenvalue weighted by atomic mass is 10.1. The van der Waals surface area contributed by atoms with Crippen LogP contribution < -0.4 is 16.0 Å². The molecule has 0 saturated carbocycles. The molecule has 0 radical (unpaired) electrons. The Morgan fingerprint density at radius 1 is 0.838 bits per heavy atom. The van der Waals surface area contributed by atoms with Crippen LogP contribution in [0.25, 0.3) is 33.4 Å². The number of nitrogens with two attached hydrogens (primary N) is 1. The van der Waals surface area contributed by atoms with Crippen LogP contribution in [0.4, 0.5) is 17.5 Å². The first-order valence-electron chi connectivity index (χ1n) is 13.2. The Bertz CT molecular complexity index is 1360. The maximum atomic E-state index is 5.96. The Kier molecular flexibility index (Phi) is 6.84. The molecular formula is C29H33N7O. The number of benzene rings is 2. The molecule has 2 fully saturated rings. The van der Waals surface area contributed by atoms with Crippen LogP contribution in [-0.4, -0.2) is 72.3 Å². The number of nitrogens with zero attached hydrogens (tertiary/aromatic N) is 5. The van der Waals surface area contributed by atoms with Crippen molar-refractivity contribution in [2.75, 3.05) is 68.4 Å². The Labute approximate surface area is 217 Å². The Morgan fingerprint density at radius 3 is 2.41 bits per heavy atom. The third-order valence-electron chi connectivity index (χ3n) is 7.13. The maximum absolute atomic E-state index is 5.96. The highest BCUT2D eigenvalue weighted by atomic mass is 16.5. The van der Waals surface area contributed by atoms with E-state index in [0.717, 1.165) is 71.1 Å². The van der Waals surface area contributed by atoms with Crippen LogP contribution in [-0.2, 0) is 4.74 Å². The van der Waals surface area contributed by atoms with Crippen molar-refractivity contribution in [3.63, 3.8) is 0 Å². The van der Waals surface area contributed by atoms with Gasteiger partial charge in [0.2, 0.25) is 5.95 Å². The van der Waals surface area contributed by atoms with Gasteiger partial charge in [-0.15, -0.1) is 0 Å². The van der Waals surface area contributed by atoms with Crippen LogP contribution in [0, 0.1) is 0 Å². The molecule has 4 aromatic rings. The van der Waals surface area contributed by atoms with Gasteiger partial charge in [0.1, 0.15) is 5.82 Å². The van der Waals surface area contributed by atoms with Gasteiger partial charge in [-0.2, -0.15) is 0 Å². The van der Waals surface area contributed by atoms with Gasteiger partial charge in [-0.1, -0.05) is 30.3 Å². The number of hydrogen-bond donors (Lipinski definition) is 2. The van der Waals surface area contributed by atoms with E-state index >= 15 is 0 Å². The molecule has 2 saturated heterocycles. The first-order chi connectivity index (χ1) is 18.2. The Hall–Kier alpha value is -3.75. The number of ether oxygens (including phenoxy) is 1. The smallest absolute Gasteiger partial charge is 0.226 e. The van der Waals surface area contributed by atoms with E-state index in [-0.39, 0.29) is 0 Å². The van der Waals surface area contributed by atoms with Gasteiger partial charge in [-0.3, -0.25) is 0 Å². The van der Waals surface area contributed by atoms with Gasteiger partial charge in [0, 0.05) is 48.4 Å². The SMILES string of the molecule is Nc1ccc(-c2cc(-c3cc4ccccc4nc3NCCN3CCCC3)nc(N3CCOCC3)n2)cc1. The van der Waals surface area contributed by atoms with E-state index in [4.69, 9.17) is 25.4 Å². The molecule has 0 amide bonds. The number of morpholine rings is 1. The summed E-state index contributed by atoms with van der Waals surface area (Å²) in [5.74, 6) is 1.57. The second-order valence-corrected chi connectivity index (χ2v) is 9.71. The second kappa shape index (κ2) is 10.7. The van der Waals surface area contributed by atoms with Crippen LogP contribution in [0.2, 0.25) is 0 Å². The molecule has 2 aromatic carbocycles. The summed E-state index contributed by atoms with van der Waals surface area (Å²) < 4.78 is 5.58. The topological polar surface area (TPSA) is 92.4 Å². The first kappa shape index (κ1) is 23.6. The second-order valence-electron chi connectivity index (χ2n) is 9.71. The van der Waals surface area contributed by atoms with Gasteiger partial charge in [0.05, 0.1) is 30.1 Å². The van der Waals surface area contributed by atoms with Crippen molar-refractivity contribution >= 4 is 28.4 Å². The minimum absolute atomic E-state index is 0.672. The average molecular weight is 496 g/mol. The third-order valence-corrected chi connectivity index (χ3v) is 7.13. The molecule has 0 atom stereocenters. The summed E-state index contributed by atoms with van der Waals surface area (Å²) >= 11 is 0. The van der Waals surface area contributed by atoms with Crippen molar-refractivity contribution in [1.29, 1.82) is 0 Å². The minimum Gasteiger partial charge on any atom is -0.399 e. The summed E-state index contributed by atoms with van der Waals surface area (Å²) in [6.07, 6.45) is 2.58. The standard InChI is InChI=1S/C29H33N7O/c30-23-9-7-21(8-10-23)26-20-27(34-29(33-26)36-15-17-37-18-16-36)24-19-22-5-1-2-6-25(22)32-28(24)31-11-14-35-12-3-4-13-35/h1-2,5-10,19-20H,3-4,11-18,30H2,(H,31,32). The molecule has 0 spiro atoms. The summed E-state index contributed by atoms with van der Waals surface area (Å²) in [5, 5.41) is 4.72. The van der Waals surface area contributed by atoms with Crippen molar-refractivity contribution in [2.45, 2.75) is 12.8 Å². The molecule has 2 aliphatic heterocycles. The molecule has 37 heavy (non-hydrogen) atoms. The summed E-state index contributed by atoms with van der Waals surface area (Å²) in [4.78, 5) is 19.8. The molecule has 3 N–H and O–H groups in total. The Morgan fingerprint density at radius 2 is 1.59 bits per heavy atom. The van der Waals surface area contributed by atoms with Crippen LogP contribution in [0.5, 0.6) is 0 Å². The molecule has 8 nitrogen and oxygen atoms in total. The number of likely N-dealkylation sites (tertiary alicyclic amines) is 1. The molecule has 4 heterocycles. The number of nitrogen functional groups attached to an aromatic ring is 1. The molecule has 6 rings (SSSR count). The summed E-state index contributed by atoms with van der Waals surface area (Å²) in [6.45, 7) is 7.08. The van der Waals surface area contributed by atoms with E-state index in [1.807, 2.05) is 36.4 Å². The fraction of sp³-hybridized carbons (Fsp3) is 0.345. The Balaban J connectivity index is 1.43. The van der Waals surface area contributed by atoms with Crippen molar-refractivity contribution in [1.82, 2.24) is 19.9 Å². The van der Waals surface area contributed by atoms with Gasteiger partial charge in [-0.25, -0.2) is 15.0 Å². The number of nitrogens with one attached hydrogen (secondary N) is 1. The van der Waals surface area contributed by atoms with Crippen LogP contribution >= 0.6 is 0 Å². The number of para-hydroxylation sites is 1. The molecule has 0 aliphatic carbocycles. The number of aromatic nitrogens is 3. The van der Waals surface area contributed by atoms with Crippen LogP contribution in [0.3, 0.4) is 0 Å². The molecule has 190 valence electrons. The first-order valence-corrected chi connectivity index (χ1v) is 13.2. The summed E-state index contributed by atoms with van der Waals surface area (Å²) in [6, 6.07) is 20.3. The number of fused-ring (bicyclic) bond motifs is 1. The summed E-state index contributed by atoms with van der Waals surface area (Å²) in [7, 11) is 0. The number of rotatable bonds is 7. The van der Waals surface area contributed by atoms with E-state index in [0.29, 0.717) is 19.2 Å². The molecule has 2 aromatic heterocycles. The quantitative estimate of drug-likeness (QED) is 0.367. The van der Waals surface area contributed by atoms with E-state index in [1.54, 1.807) is 0 Å². The normalized spacial score (nSPS) is 16.4. The minimum atomic E-state index is 0.672. The van der Waals surface area contributed by atoms with E-state index in [9.17, 15) is 0 Å². The fourth-order valence-electron chi connectivity index (χ4n) is 5.06. The lowest BCUT2D eigenvalue weighted by molar-refractivity contribution is 0.122. The van der Waals surface area contributed by atoms with Gasteiger partial charge in [-0.05, 0) is 56.3 Å². The lowest BCUT2D eigenvalue weighted by Gasteiger charge is -2.27. The zero-order chi connectivity index (χ0) is 25.0. The largest absolute Gasteiger partial charge is 0.399 e. The number of hydrogen-bond acceptors (Lipinski definition) is 8. The molecule has 0 unspecified atom stereocenters. The van der Waals surface area contributed by atoms with Gasteiger partial charge in [0.15, 0.2) is 0 Å². The molecule has 2 aliphatic rings. The lowest BCUT2D eigenvalue weighted by Crippen LogP contribution is -2.37. The highest BCUT2D eigenvalue weighted by Crippen LogP contribution is 2.33. The van der Waals surface area contributed by atoms with Crippen molar-refractivity contribution in [3.05, 3.63) is 60.7 Å². The molecule has 0 bridgehead atoms. The number of anilines is 3. The van der Waals surface area contributed by atoms with Crippen molar-refractivity contribution in [2.24, 2.45) is 0 Å². The van der Waals surface area contributed by atoms with Crippen molar-refractivity contribution in [3.8, 4) is 22.5 Å². The highest BCUT2D eigenvalue weighted by molar-refractivity contribution is 5.89. The monoisotopic (exact) mass is 495 g/mol. The average Bonchev–Trinajstić information content (AvgIpc) is 3.47. The zero-order valence-electron chi connectivity index (χ0n) is 21.1. The van der Waals surface area contributed by atoms with Gasteiger partial charge in [0.25, 0.3) is 0 Å². The maximum Gasteiger partial charge on any atom is 0.226 e. The summed E-state index contributed by atoms with van der Waals surface area (Å²) in [5.41, 5.74) is 11.4. The zero-order valence-corrected chi connectivity index (χ0v) is 21.1. The van der Waals surface area contributed by atoms with E-state index in [1.165, 1.54) is 25.9 Å². The molecular weight excluding hydrogens is 462 g/mol. The highest BCUT2D eigenvalue weighted by Gasteiger charge is 2.19. The van der Waals surface area contributed by atoms with Gasteiger partial charge < -0.3 is 25.6 Å². The van der Waals surface area contributed by atoms with E-state index in [2.05, 4.69) is 39.4 Å². The van der Waals surface area contributed by atoms with Crippen molar-refractivity contribution < 1.29 is 4.74 Å². The van der Waals surface area contributed by atoms with Gasteiger partial charge >= 0.3 is 0 Å². The third kappa shape index (κ3) is 5.35. The number of pyridine rings is 1. The molecule has 8 heteroatoms. The predicted octanol–water partition coefficient (Wildman–Crippen LogP) is 4.29. The van der Waals surface area contributed by atoms with E-state index < -0.39 is 0 Å². The fourth-order valence-corrected chi connectivity index (χ4v) is 5.06. The van der Waals surface area contributed by atoms with Crippen LogP contribution in [0.1, 0.15) is 12.8 Å². The predicted molar refractivity (Wildman–Crippen MR) is 150 cm³/mol.